The van der Waals surface area contributed by atoms with Gasteiger partial charge in [-0.05, 0) is 38.7 Å². The lowest BCUT2D eigenvalue weighted by Gasteiger charge is -2.46. The van der Waals surface area contributed by atoms with E-state index in [1.807, 2.05) is 11.0 Å². The molecule has 144 valence electrons. The summed E-state index contributed by atoms with van der Waals surface area (Å²) in [6.07, 6.45) is 4.08. The molecule has 1 atom stereocenters. The Morgan fingerprint density at radius 3 is 2.42 bits per heavy atom. The predicted molar refractivity (Wildman–Crippen MR) is 101 cm³/mol. The molecule has 0 unspecified atom stereocenters. The fourth-order valence-corrected chi connectivity index (χ4v) is 4.23. The van der Waals surface area contributed by atoms with Crippen LogP contribution in [0.4, 0.5) is 0 Å². The second kappa shape index (κ2) is 8.08. The number of piperazine rings is 1. The molecule has 1 amide bonds. The van der Waals surface area contributed by atoms with Crippen LogP contribution >= 0.6 is 0 Å². The van der Waals surface area contributed by atoms with E-state index in [1.165, 1.54) is 0 Å². The van der Waals surface area contributed by atoms with Crippen LogP contribution in [0.25, 0.3) is 0 Å². The molecule has 3 saturated heterocycles. The smallest absolute Gasteiger partial charge is 0.264 e. The van der Waals surface area contributed by atoms with E-state index >= 15 is 0 Å². The molecule has 0 radical (unpaired) electrons. The Bertz CT molecular complexity index is 583. The maximum Gasteiger partial charge on any atom is 0.264 e. The van der Waals surface area contributed by atoms with Crippen LogP contribution in [-0.4, -0.2) is 84.7 Å². The number of amides is 1. The number of carbonyl (C=O) groups excluding carboxylic acids is 1. The maximum atomic E-state index is 12.8. The average molecular weight is 361 g/mol. The van der Waals surface area contributed by atoms with Crippen LogP contribution in [0, 0.1) is 17.2 Å². The Morgan fingerprint density at radius 1 is 1.19 bits per heavy atom. The predicted octanol–water partition coefficient (Wildman–Crippen LogP) is 1.49. The van der Waals surface area contributed by atoms with Crippen LogP contribution in [0.2, 0.25) is 0 Å². The Labute approximate surface area is 157 Å². The summed E-state index contributed by atoms with van der Waals surface area (Å²) in [5, 5.41) is 9.60. The third kappa shape index (κ3) is 4.28. The zero-order valence-electron chi connectivity index (χ0n) is 16.4. The van der Waals surface area contributed by atoms with Crippen LogP contribution in [0.5, 0.6) is 0 Å². The molecule has 0 aromatic heterocycles. The van der Waals surface area contributed by atoms with Gasteiger partial charge in [-0.25, -0.2) is 0 Å². The number of likely N-dealkylation sites (tertiary alicyclic amines) is 1. The molecule has 26 heavy (non-hydrogen) atoms. The number of piperidine rings is 1. The minimum absolute atomic E-state index is 0.0997. The van der Waals surface area contributed by atoms with Gasteiger partial charge in [-0.3, -0.25) is 14.6 Å². The summed E-state index contributed by atoms with van der Waals surface area (Å²) in [7, 11) is 0. The minimum Gasteiger partial charge on any atom is -0.378 e. The molecule has 6 nitrogen and oxygen atoms in total. The van der Waals surface area contributed by atoms with E-state index in [0.29, 0.717) is 17.5 Å². The van der Waals surface area contributed by atoms with Crippen molar-refractivity contribution in [2.24, 2.45) is 5.92 Å². The number of nitrogens with zero attached hydrogens (tertiary/aromatic N) is 4. The first kappa shape index (κ1) is 19.3. The van der Waals surface area contributed by atoms with E-state index in [2.05, 4.69) is 36.6 Å². The Kier molecular flexibility index (Phi) is 6.01. The van der Waals surface area contributed by atoms with Crippen LogP contribution < -0.4 is 0 Å². The lowest BCUT2D eigenvalue weighted by Crippen LogP contribution is -2.59. The summed E-state index contributed by atoms with van der Waals surface area (Å²) >= 11 is 0. The van der Waals surface area contributed by atoms with Crippen molar-refractivity contribution in [2.75, 3.05) is 52.5 Å². The first-order valence-corrected chi connectivity index (χ1v) is 9.90. The highest BCUT2D eigenvalue weighted by Crippen LogP contribution is 2.24. The molecule has 0 saturated carbocycles. The van der Waals surface area contributed by atoms with Gasteiger partial charge in [0.15, 0.2) is 0 Å². The topological polar surface area (TPSA) is 59.8 Å². The first-order chi connectivity index (χ1) is 12.4. The number of rotatable bonds is 4. The third-order valence-corrected chi connectivity index (χ3v) is 6.06. The standard InChI is InChI=1S/C20H32N4O2/c1-16-5-4-6-23(13-16)19(25)17(12-21)11-20(2,3)24-9-7-22(8-10-24)18-14-26-15-18/h11,16,18H,4-10,13-15H2,1-3H3/b17-11+/t16-/m1/s1. The molecule has 0 spiro atoms. The van der Waals surface area contributed by atoms with E-state index in [9.17, 15) is 10.1 Å². The molecular weight excluding hydrogens is 328 g/mol. The van der Waals surface area contributed by atoms with Gasteiger partial charge in [0.1, 0.15) is 11.6 Å². The van der Waals surface area contributed by atoms with Crippen molar-refractivity contribution in [2.45, 2.75) is 45.2 Å². The quantitative estimate of drug-likeness (QED) is 0.562. The Balaban J connectivity index is 1.63. The van der Waals surface area contributed by atoms with Crippen molar-refractivity contribution < 1.29 is 9.53 Å². The number of hydrogen-bond acceptors (Lipinski definition) is 5. The molecule has 3 rings (SSSR count). The summed E-state index contributed by atoms with van der Waals surface area (Å²) in [5.74, 6) is 0.418. The zero-order chi connectivity index (χ0) is 18.7. The minimum atomic E-state index is -0.301. The summed E-state index contributed by atoms with van der Waals surface area (Å²) in [6.45, 7) is 13.6. The van der Waals surface area contributed by atoms with Crippen LogP contribution in [0.3, 0.4) is 0 Å². The zero-order valence-corrected chi connectivity index (χ0v) is 16.4. The molecule has 3 aliphatic heterocycles. The van der Waals surface area contributed by atoms with E-state index in [0.717, 1.165) is 65.3 Å². The lowest BCUT2D eigenvalue weighted by atomic mass is 9.95. The van der Waals surface area contributed by atoms with E-state index < -0.39 is 0 Å². The molecular formula is C20H32N4O2. The maximum absolute atomic E-state index is 12.8. The van der Waals surface area contributed by atoms with E-state index in [-0.39, 0.29) is 11.4 Å². The second-order valence-electron chi connectivity index (χ2n) is 8.54. The molecule has 6 heteroatoms. The van der Waals surface area contributed by atoms with Gasteiger partial charge in [-0.15, -0.1) is 0 Å². The average Bonchev–Trinajstić information content (AvgIpc) is 2.58. The first-order valence-electron chi connectivity index (χ1n) is 9.90. The van der Waals surface area contributed by atoms with Crippen molar-refractivity contribution in [3.8, 4) is 6.07 Å². The van der Waals surface area contributed by atoms with Crippen LogP contribution in [0.15, 0.2) is 11.6 Å². The third-order valence-electron chi connectivity index (χ3n) is 6.06. The van der Waals surface area contributed by atoms with Crippen molar-refractivity contribution in [3.63, 3.8) is 0 Å². The summed E-state index contributed by atoms with van der Waals surface area (Å²) in [4.78, 5) is 19.5. The summed E-state index contributed by atoms with van der Waals surface area (Å²) < 4.78 is 5.30. The largest absolute Gasteiger partial charge is 0.378 e. The van der Waals surface area contributed by atoms with Crippen LogP contribution in [-0.2, 0) is 9.53 Å². The van der Waals surface area contributed by atoms with Gasteiger partial charge >= 0.3 is 0 Å². The number of ether oxygens (including phenoxy) is 1. The molecule has 3 heterocycles. The van der Waals surface area contributed by atoms with Crippen molar-refractivity contribution in [1.29, 1.82) is 5.26 Å². The molecule has 0 aliphatic carbocycles. The highest BCUT2D eigenvalue weighted by atomic mass is 16.5. The lowest BCUT2D eigenvalue weighted by molar-refractivity contribution is -0.128. The van der Waals surface area contributed by atoms with E-state index in [4.69, 9.17) is 4.74 Å². The SMILES string of the molecule is C[C@@H]1CCCN(C(=O)/C(C#N)=C/C(C)(C)N2CCN(C3COC3)CC2)C1. The van der Waals surface area contributed by atoms with Gasteiger partial charge < -0.3 is 9.64 Å². The fourth-order valence-electron chi connectivity index (χ4n) is 4.23. The highest BCUT2D eigenvalue weighted by molar-refractivity contribution is 5.97. The molecule has 0 bridgehead atoms. The van der Waals surface area contributed by atoms with Crippen molar-refractivity contribution >= 4 is 5.91 Å². The normalized spacial score (nSPS) is 27.1. The van der Waals surface area contributed by atoms with Crippen molar-refractivity contribution in [3.05, 3.63) is 11.6 Å². The molecule has 3 aliphatic rings. The number of hydrogen-bond donors (Lipinski definition) is 0. The summed E-state index contributed by atoms with van der Waals surface area (Å²) in [6, 6.07) is 2.75. The van der Waals surface area contributed by atoms with E-state index in [1.54, 1.807) is 0 Å². The van der Waals surface area contributed by atoms with Gasteiger partial charge in [-0.2, -0.15) is 5.26 Å². The number of nitriles is 1. The van der Waals surface area contributed by atoms with Crippen molar-refractivity contribution in [1.82, 2.24) is 14.7 Å². The Morgan fingerprint density at radius 2 is 1.88 bits per heavy atom. The van der Waals surface area contributed by atoms with Gasteiger partial charge in [0.2, 0.25) is 0 Å². The van der Waals surface area contributed by atoms with Gasteiger partial charge in [-0.1, -0.05) is 6.92 Å². The molecule has 0 N–H and O–H groups in total. The van der Waals surface area contributed by atoms with Crippen LogP contribution in [0.1, 0.15) is 33.6 Å². The highest BCUT2D eigenvalue weighted by Gasteiger charge is 2.34. The molecule has 0 aromatic carbocycles. The Hall–Kier alpha value is -1.42. The van der Waals surface area contributed by atoms with Gasteiger partial charge in [0.25, 0.3) is 5.91 Å². The second-order valence-corrected chi connectivity index (χ2v) is 8.54. The van der Waals surface area contributed by atoms with Gasteiger partial charge in [0, 0.05) is 44.8 Å². The van der Waals surface area contributed by atoms with Gasteiger partial charge in [0.05, 0.1) is 19.3 Å². The summed E-state index contributed by atoms with van der Waals surface area (Å²) in [5.41, 5.74) is -0.0106. The molecule has 0 aromatic rings. The fraction of sp³-hybridized carbons (Fsp3) is 0.800. The number of carbonyl (C=O) groups is 1. The molecule has 3 fully saturated rings. The monoisotopic (exact) mass is 360 g/mol.